The Labute approximate surface area is 166 Å². The molecule has 1 aliphatic rings. The van der Waals surface area contributed by atoms with Crippen LogP contribution in [0.1, 0.15) is 64.4 Å². The molecule has 0 saturated heterocycles. The Morgan fingerprint density at radius 1 is 1.23 bits per heavy atom. The molecule has 26 heavy (non-hydrogen) atoms. The maximum atomic E-state index is 12.7. The average molecular weight is 399 g/mol. The molecular formula is C20H28Cl2N2O2. The molecule has 0 unspecified atom stereocenters. The van der Waals surface area contributed by atoms with Gasteiger partial charge in [-0.15, -0.1) is 0 Å². The monoisotopic (exact) mass is 398 g/mol. The van der Waals surface area contributed by atoms with Crippen LogP contribution < -0.4 is 5.32 Å². The predicted molar refractivity (Wildman–Crippen MR) is 106 cm³/mol. The second-order valence-corrected chi connectivity index (χ2v) is 7.87. The van der Waals surface area contributed by atoms with Crippen molar-refractivity contribution in [2.75, 3.05) is 0 Å². The summed E-state index contributed by atoms with van der Waals surface area (Å²) < 4.78 is 0. The van der Waals surface area contributed by atoms with Gasteiger partial charge in [-0.25, -0.2) is 0 Å². The van der Waals surface area contributed by atoms with Crippen molar-refractivity contribution in [3.8, 4) is 0 Å². The number of hydrogen-bond donors (Lipinski definition) is 1. The zero-order valence-corrected chi connectivity index (χ0v) is 17.1. The molecule has 2 rings (SSSR count). The molecule has 1 aromatic rings. The number of hydrogen-bond acceptors (Lipinski definition) is 2. The Morgan fingerprint density at radius 2 is 1.92 bits per heavy atom. The normalized spacial score (nSPS) is 16.2. The maximum absolute atomic E-state index is 12.7. The Bertz CT molecular complexity index is 630. The Balaban J connectivity index is 2.11. The van der Waals surface area contributed by atoms with Gasteiger partial charge >= 0.3 is 0 Å². The molecule has 1 aromatic carbocycles. The Kier molecular flexibility index (Phi) is 8.23. The smallest absolute Gasteiger partial charge is 0.242 e. The van der Waals surface area contributed by atoms with Crippen molar-refractivity contribution in [3.05, 3.63) is 33.8 Å². The third kappa shape index (κ3) is 5.88. The molecule has 0 heterocycles. The lowest BCUT2D eigenvalue weighted by Crippen LogP contribution is -2.50. The van der Waals surface area contributed by atoms with Crippen LogP contribution in [0.15, 0.2) is 18.2 Å². The first-order valence-electron chi connectivity index (χ1n) is 9.46. The van der Waals surface area contributed by atoms with E-state index in [1.165, 1.54) is 6.42 Å². The van der Waals surface area contributed by atoms with E-state index in [0.29, 0.717) is 23.0 Å². The van der Waals surface area contributed by atoms with Crippen molar-refractivity contribution >= 4 is 35.0 Å². The quantitative estimate of drug-likeness (QED) is 0.705. The maximum Gasteiger partial charge on any atom is 0.242 e. The van der Waals surface area contributed by atoms with E-state index in [1.807, 2.05) is 13.0 Å². The zero-order chi connectivity index (χ0) is 19.1. The molecule has 0 aliphatic heterocycles. The van der Waals surface area contributed by atoms with Crippen LogP contribution in [0.3, 0.4) is 0 Å². The van der Waals surface area contributed by atoms with Crippen molar-refractivity contribution in [1.82, 2.24) is 10.2 Å². The van der Waals surface area contributed by atoms with Crippen molar-refractivity contribution < 1.29 is 9.59 Å². The first-order valence-corrected chi connectivity index (χ1v) is 10.2. The third-order valence-electron chi connectivity index (χ3n) is 4.94. The lowest BCUT2D eigenvalue weighted by Gasteiger charge is -2.31. The highest BCUT2D eigenvalue weighted by Crippen LogP contribution is 2.24. The SMILES string of the molecule is CCCC(=O)N(Cc1ccc(Cl)cc1Cl)[C@H](C)C(=O)NC1CCCCC1. The molecular weight excluding hydrogens is 371 g/mol. The van der Waals surface area contributed by atoms with E-state index >= 15 is 0 Å². The van der Waals surface area contributed by atoms with Crippen molar-refractivity contribution in [2.24, 2.45) is 0 Å². The number of nitrogens with zero attached hydrogens (tertiary/aromatic N) is 1. The molecule has 0 aromatic heterocycles. The number of carbonyl (C=O) groups excluding carboxylic acids is 2. The van der Waals surface area contributed by atoms with Gasteiger partial charge in [-0.3, -0.25) is 9.59 Å². The molecule has 4 nitrogen and oxygen atoms in total. The molecule has 1 N–H and O–H groups in total. The van der Waals surface area contributed by atoms with Crippen LogP contribution >= 0.6 is 23.2 Å². The van der Waals surface area contributed by atoms with Crippen LogP contribution in [0.2, 0.25) is 10.0 Å². The molecule has 1 saturated carbocycles. The molecule has 1 fully saturated rings. The first-order chi connectivity index (χ1) is 12.4. The number of carbonyl (C=O) groups is 2. The number of halogens is 2. The second kappa shape index (κ2) is 10.2. The van der Waals surface area contributed by atoms with E-state index in [4.69, 9.17) is 23.2 Å². The highest BCUT2D eigenvalue weighted by molar-refractivity contribution is 6.35. The van der Waals surface area contributed by atoms with Crippen LogP contribution in [0.5, 0.6) is 0 Å². The molecule has 144 valence electrons. The molecule has 0 bridgehead atoms. The van der Waals surface area contributed by atoms with Gasteiger partial charge in [-0.05, 0) is 43.9 Å². The minimum absolute atomic E-state index is 0.0372. The van der Waals surface area contributed by atoms with Gasteiger partial charge in [0.15, 0.2) is 0 Å². The summed E-state index contributed by atoms with van der Waals surface area (Å²) in [7, 11) is 0. The summed E-state index contributed by atoms with van der Waals surface area (Å²) in [5.41, 5.74) is 0.790. The van der Waals surface area contributed by atoms with E-state index in [-0.39, 0.29) is 17.9 Å². The standard InChI is InChI=1S/C20H28Cl2N2O2/c1-3-7-19(25)24(13-15-10-11-16(21)12-18(15)22)14(2)20(26)23-17-8-5-4-6-9-17/h10-12,14,17H,3-9,13H2,1-2H3,(H,23,26)/t14-/m1/s1. The number of rotatable bonds is 7. The summed E-state index contributed by atoms with van der Waals surface area (Å²) in [6.45, 7) is 4.04. The van der Waals surface area contributed by atoms with Gasteiger partial charge < -0.3 is 10.2 Å². The van der Waals surface area contributed by atoms with Crippen molar-refractivity contribution in [2.45, 2.75) is 77.4 Å². The summed E-state index contributed by atoms with van der Waals surface area (Å²) in [6.07, 6.45) is 6.72. The van der Waals surface area contributed by atoms with Gasteiger partial charge in [0.1, 0.15) is 6.04 Å². The number of benzene rings is 1. The molecule has 0 spiro atoms. The summed E-state index contributed by atoms with van der Waals surface area (Å²) in [5.74, 6) is -0.128. The van der Waals surface area contributed by atoms with Gasteiger partial charge in [-0.1, -0.05) is 55.5 Å². The largest absolute Gasteiger partial charge is 0.352 e. The molecule has 6 heteroatoms. The fourth-order valence-corrected chi connectivity index (χ4v) is 3.81. The van der Waals surface area contributed by atoms with Crippen molar-refractivity contribution in [3.63, 3.8) is 0 Å². The van der Waals surface area contributed by atoms with E-state index in [0.717, 1.165) is 37.7 Å². The molecule has 1 aliphatic carbocycles. The third-order valence-corrected chi connectivity index (χ3v) is 5.53. The van der Waals surface area contributed by atoms with E-state index in [1.54, 1.807) is 24.0 Å². The lowest BCUT2D eigenvalue weighted by atomic mass is 9.95. The van der Waals surface area contributed by atoms with E-state index in [9.17, 15) is 9.59 Å². The number of nitrogens with one attached hydrogen (secondary N) is 1. The van der Waals surface area contributed by atoms with Crippen LogP contribution in [0.4, 0.5) is 0 Å². The topological polar surface area (TPSA) is 49.4 Å². The minimum Gasteiger partial charge on any atom is -0.352 e. The summed E-state index contributed by atoms with van der Waals surface area (Å²) in [4.78, 5) is 27.0. The van der Waals surface area contributed by atoms with Crippen LogP contribution in [0, 0.1) is 0 Å². The summed E-state index contributed by atoms with van der Waals surface area (Å²) in [6, 6.07) is 4.90. The van der Waals surface area contributed by atoms with Crippen LogP contribution in [-0.2, 0) is 16.1 Å². The van der Waals surface area contributed by atoms with Gasteiger partial charge in [-0.2, -0.15) is 0 Å². The predicted octanol–water partition coefficient (Wildman–Crippen LogP) is 4.96. The fraction of sp³-hybridized carbons (Fsp3) is 0.600. The Morgan fingerprint density at radius 3 is 2.54 bits per heavy atom. The molecule has 1 atom stereocenters. The molecule has 2 amide bonds. The average Bonchev–Trinajstić information content (AvgIpc) is 2.61. The summed E-state index contributed by atoms with van der Waals surface area (Å²) in [5, 5.41) is 4.17. The van der Waals surface area contributed by atoms with Gasteiger partial charge in [0.05, 0.1) is 0 Å². The summed E-state index contributed by atoms with van der Waals surface area (Å²) >= 11 is 12.2. The highest BCUT2D eigenvalue weighted by Gasteiger charge is 2.28. The van der Waals surface area contributed by atoms with Crippen LogP contribution in [0.25, 0.3) is 0 Å². The number of amides is 2. The van der Waals surface area contributed by atoms with Crippen molar-refractivity contribution in [1.29, 1.82) is 0 Å². The lowest BCUT2D eigenvalue weighted by molar-refractivity contribution is -0.141. The fourth-order valence-electron chi connectivity index (χ4n) is 3.34. The second-order valence-electron chi connectivity index (χ2n) is 7.03. The van der Waals surface area contributed by atoms with Crippen LogP contribution in [-0.4, -0.2) is 28.8 Å². The highest BCUT2D eigenvalue weighted by atomic mass is 35.5. The Hall–Kier alpha value is -1.26. The van der Waals surface area contributed by atoms with E-state index in [2.05, 4.69) is 5.32 Å². The van der Waals surface area contributed by atoms with E-state index < -0.39 is 6.04 Å². The van der Waals surface area contributed by atoms with Gasteiger partial charge in [0.2, 0.25) is 11.8 Å². The van der Waals surface area contributed by atoms with Gasteiger partial charge in [0.25, 0.3) is 0 Å². The minimum atomic E-state index is -0.539. The zero-order valence-electron chi connectivity index (χ0n) is 15.6. The van der Waals surface area contributed by atoms with Gasteiger partial charge in [0, 0.05) is 29.1 Å². The first kappa shape index (κ1) is 21.0. The molecule has 0 radical (unpaired) electrons.